The van der Waals surface area contributed by atoms with E-state index in [1.54, 1.807) is 42.5 Å². The number of primary sulfonamides is 1. The third kappa shape index (κ3) is 4.96. The van der Waals surface area contributed by atoms with Gasteiger partial charge in [-0.3, -0.25) is 4.79 Å². The first-order chi connectivity index (χ1) is 9.83. The molecule has 0 heterocycles. The molecule has 3 N–H and O–H groups in total. The molecular formula is C14H13BrN2O3S. The van der Waals surface area contributed by atoms with Crippen molar-refractivity contribution in [3.63, 3.8) is 0 Å². The zero-order valence-electron chi connectivity index (χ0n) is 10.9. The van der Waals surface area contributed by atoms with Crippen LogP contribution < -0.4 is 10.5 Å². The SMILES string of the molecule is NS(=O)(=O)Cc1ccc(NC(=O)c2cccc(Br)c2)cc1. The van der Waals surface area contributed by atoms with Crippen molar-refractivity contribution < 1.29 is 13.2 Å². The van der Waals surface area contributed by atoms with Gasteiger partial charge in [0.1, 0.15) is 0 Å². The number of nitrogens with two attached hydrogens (primary N) is 1. The van der Waals surface area contributed by atoms with Crippen LogP contribution in [0.3, 0.4) is 0 Å². The molecule has 0 saturated carbocycles. The van der Waals surface area contributed by atoms with E-state index in [9.17, 15) is 13.2 Å². The number of benzene rings is 2. The van der Waals surface area contributed by atoms with E-state index in [-0.39, 0.29) is 11.7 Å². The van der Waals surface area contributed by atoms with Crippen molar-refractivity contribution >= 4 is 37.5 Å². The summed E-state index contributed by atoms with van der Waals surface area (Å²) in [6.07, 6.45) is 0. The topological polar surface area (TPSA) is 89.3 Å². The Bertz CT molecular complexity index is 758. The number of sulfonamides is 1. The first-order valence-electron chi connectivity index (χ1n) is 6.00. The van der Waals surface area contributed by atoms with Crippen LogP contribution >= 0.6 is 15.9 Å². The second-order valence-electron chi connectivity index (χ2n) is 4.47. The van der Waals surface area contributed by atoms with Crippen molar-refractivity contribution in [2.24, 2.45) is 5.14 Å². The zero-order chi connectivity index (χ0) is 15.5. The number of nitrogens with one attached hydrogen (secondary N) is 1. The number of halogens is 1. The first kappa shape index (κ1) is 15.7. The molecule has 2 rings (SSSR count). The van der Waals surface area contributed by atoms with Gasteiger partial charge in [-0.25, -0.2) is 13.6 Å². The summed E-state index contributed by atoms with van der Waals surface area (Å²) in [6, 6.07) is 13.5. The molecule has 0 radical (unpaired) electrons. The summed E-state index contributed by atoms with van der Waals surface area (Å²) in [6.45, 7) is 0. The molecule has 0 atom stereocenters. The normalized spacial score (nSPS) is 11.1. The summed E-state index contributed by atoms with van der Waals surface area (Å²) in [4.78, 5) is 12.0. The van der Waals surface area contributed by atoms with E-state index in [0.29, 0.717) is 16.8 Å². The highest BCUT2D eigenvalue weighted by Crippen LogP contribution is 2.15. The van der Waals surface area contributed by atoms with Crippen LogP contribution in [0.2, 0.25) is 0 Å². The van der Waals surface area contributed by atoms with Crippen LogP contribution in [0.15, 0.2) is 53.0 Å². The second-order valence-corrected chi connectivity index (χ2v) is 7.00. The van der Waals surface area contributed by atoms with Gasteiger partial charge < -0.3 is 5.32 Å². The number of amides is 1. The number of anilines is 1. The standard InChI is InChI=1S/C14H13BrN2O3S/c15-12-3-1-2-11(8-12)14(18)17-13-6-4-10(5-7-13)9-21(16,19)20/h1-8H,9H2,(H,17,18)(H2,16,19,20). The van der Waals surface area contributed by atoms with Gasteiger partial charge in [-0.05, 0) is 35.9 Å². The summed E-state index contributed by atoms with van der Waals surface area (Å²) in [5.41, 5.74) is 1.68. The molecule has 21 heavy (non-hydrogen) atoms. The quantitative estimate of drug-likeness (QED) is 0.868. The number of hydrogen-bond acceptors (Lipinski definition) is 3. The number of rotatable bonds is 4. The Labute approximate surface area is 131 Å². The number of carbonyl (C=O) groups excluding carboxylic acids is 1. The predicted octanol–water partition coefficient (Wildman–Crippen LogP) is 2.49. The lowest BCUT2D eigenvalue weighted by Gasteiger charge is -2.06. The summed E-state index contributed by atoms with van der Waals surface area (Å²) in [5, 5.41) is 7.71. The van der Waals surface area contributed by atoms with E-state index in [4.69, 9.17) is 5.14 Å². The van der Waals surface area contributed by atoms with Gasteiger partial charge in [0.2, 0.25) is 10.0 Å². The van der Waals surface area contributed by atoms with Gasteiger partial charge in [-0.15, -0.1) is 0 Å². The molecule has 0 aromatic heterocycles. The average molecular weight is 369 g/mol. The van der Waals surface area contributed by atoms with E-state index >= 15 is 0 Å². The molecule has 1 amide bonds. The maximum absolute atomic E-state index is 12.0. The molecule has 0 fully saturated rings. The Balaban J connectivity index is 2.08. The van der Waals surface area contributed by atoms with Gasteiger partial charge in [0.15, 0.2) is 0 Å². The highest BCUT2D eigenvalue weighted by molar-refractivity contribution is 9.10. The van der Waals surface area contributed by atoms with E-state index in [2.05, 4.69) is 21.2 Å². The minimum atomic E-state index is -3.55. The first-order valence-corrected chi connectivity index (χ1v) is 8.51. The van der Waals surface area contributed by atoms with Crippen LogP contribution in [0.1, 0.15) is 15.9 Å². The van der Waals surface area contributed by atoms with Crippen molar-refractivity contribution in [3.05, 3.63) is 64.1 Å². The molecule has 0 aliphatic rings. The molecule has 0 aliphatic heterocycles. The summed E-state index contributed by atoms with van der Waals surface area (Å²) in [7, 11) is -3.55. The molecule has 0 aliphatic carbocycles. The second kappa shape index (κ2) is 6.38. The highest BCUT2D eigenvalue weighted by atomic mass is 79.9. The minimum absolute atomic E-state index is 0.229. The number of carbonyl (C=O) groups is 1. The van der Waals surface area contributed by atoms with E-state index in [0.717, 1.165) is 4.47 Å². The van der Waals surface area contributed by atoms with Crippen LogP contribution in [0.4, 0.5) is 5.69 Å². The molecule has 110 valence electrons. The maximum atomic E-state index is 12.0. The smallest absolute Gasteiger partial charge is 0.255 e. The Morgan fingerprint density at radius 2 is 1.81 bits per heavy atom. The molecule has 2 aromatic rings. The van der Waals surface area contributed by atoms with Crippen LogP contribution in [0.5, 0.6) is 0 Å². The predicted molar refractivity (Wildman–Crippen MR) is 85.3 cm³/mol. The van der Waals surface area contributed by atoms with Gasteiger partial charge in [-0.2, -0.15) is 0 Å². The molecule has 0 unspecified atom stereocenters. The Hall–Kier alpha value is -1.70. The lowest BCUT2D eigenvalue weighted by Crippen LogP contribution is -2.15. The lowest BCUT2D eigenvalue weighted by molar-refractivity contribution is 0.102. The third-order valence-corrected chi connectivity index (χ3v) is 3.90. The van der Waals surface area contributed by atoms with Gasteiger partial charge in [0.05, 0.1) is 5.75 Å². The molecular weight excluding hydrogens is 356 g/mol. The fourth-order valence-corrected chi connectivity index (χ4v) is 2.81. The molecule has 7 heteroatoms. The van der Waals surface area contributed by atoms with Crippen molar-refractivity contribution in [3.8, 4) is 0 Å². The van der Waals surface area contributed by atoms with Crippen molar-refractivity contribution in [2.75, 3.05) is 5.32 Å². The Kier molecular flexibility index (Phi) is 4.76. The van der Waals surface area contributed by atoms with Gasteiger partial charge in [0.25, 0.3) is 5.91 Å². The zero-order valence-corrected chi connectivity index (χ0v) is 13.3. The molecule has 0 bridgehead atoms. The lowest BCUT2D eigenvalue weighted by atomic mass is 10.2. The van der Waals surface area contributed by atoms with Crippen LogP contribution in [0, 0.1) is 0 Å². The monoisotopic (exact) mass is 368 g/mol. The summed E-state index contributed by atoms with van der Waals surface area (Å²) in [5.74, 6) is -0.470. The van der Waals surface area contributed by atoms with Crippen molar-refractivity contribution in [1.29, 1.82) is 0 Å². The largest absolute Gasteiger partial charge is 0.322 e. The average Bonchev–Trinajstić information content (AvgIpc) is 2.39. The third-order valence-electron chi connectivity index (χ3n) is 2.67. The van der Waals surface area contributed by atoms with Crippen LogP contribution in [-0.4, -0.2) is 14.3 Å². The maximum Gasteiger partial charge on any atom is 0.255 e. The molecule has 0 spiro atoms. The molecule has 5 nitrogen and oxygen atoms in total. The Morgan fingerprint density at radius 1 is 1.14 bits per heavy atom. The minimum Gasteiger partial charge on any atom is -0.322 e. The van der Waals surface area contributed by atoms with Crippen LogP contribution in [-0.2, 0) is 15.8 Å². The summed E-state index contributed by atoms with van der Waals surface area (Å²) >= 11 is 3.30. The van der Waals surface area contributed by atoms with E-state index in [1.807, 2.05) is 6.07 Å². The van der Waals surface area contributed by atoms with Gasteiger partial charge >= 0.3 is 0 Å². The van der Waals surface area contributed by atoms with Crippen molar-refractivity contribution in [2.45, 2.75) is 5.75 Å². The highest BCUT2D eigenvalue weighted by Gasteiger charge is 2.08. The Morgan fingerprint density at radius 3 is 2.38 bits per heavy atom. The van der Waals surface area contributed by atoms with E-state index in [1.165, 1.54) is 0 Å². The van der Waals surface area contributed by atoms with E-state index < -0.39 is 10.0 Å². The van der Waals surface area contributed by atoms with Gasteiger partial charge in [0, 0.05) is 15.7 Å². The van der Waals surface area contributed by atoms with Gasteiger partial charge in [-0.1, -0.05) is 34.1 Å². The molecule has 0 saturated heterocycles. The summed E-state index contributed by atoms with van der Waals surface area (Å²) < 4.78 is 22.8. The van der Waals surface area contributed by atoms with Crippen LogP contribution in [0.25, 0.3) is 0 Å². The number of hydrogen-bond donors (Lipinski definition) is 2. The fraction of sp³-hybridized carbons (Fsp3) is 0.0714. The fourth-order valence-electron chi connectivity index (χ4n) is 1.75. The van der Waals surface area contributed by atoms with Crippen molar-refractivity contribution in [1.82, 2.24) is 0 Å². The molecule has 2 aromatic carbocycles.